The Hall–Kier alpha value is -2.04. The lowest BCUT2D eigenvalue weighted by atomic mass is 9.86. The van der Waals surface area contributed by atoms with E-state index in [9.17, 15) is 9.59 Å². The van der Waals surface area contributed by atoms with Crippen LogP contribution < -0.4 is 10.2 Å². The van der Waals surface area contributed by atoms with Gasteiger partial charge in [0.1, 0.15) is 0 Å². The summed E-state index contributed by atoms with van der Waals surface area (Å²) in [4.78, 5) is 24.2. The lowest BCUT2D eigenvalue weighted by Gasteiger charge is -2.21. The molecule has 0 bridgehead atoms. The number of carbonyl (C=O) groups is 2. The van der Waals surface area contributed by atoms with E-state index in [1.165, 1.54) is 11.1 Å². The molecule has 1 heterocycles. The standard InChI is InChI=1S/C16H22N2O3/c1-16(2,3)12-4-5-13-11(10-12)7-9-18(13)15(21)17-8-6-14(19)20/h4-5,10H,6-9H2,1-3H3,(H,17,21)(H,19,20). The first-order valence-corrected chi connectivity index (χ1v) is 7.19. The van der Waals surface area contributed by atoms with Crippen LogP contribution in [0.15, 0.2) is 18.2 Å². The molecule has 0 aromatic heterocycles. The highest BCUT2D eigenvalue weighted by molar-refractivity contribution is 5.94. The van der Waals surface area contributed by atoms with Gasteiger partial charge in [-0.2, -0.15) is 0 Å². The zero-order valence-electron chi connectivity index (χ0n) is 12.8. The minimum atomic E-state index is -0.910. The summed E-state index contributed by atoms with van der Waals surface area (Å²) in [6, 6.07) is 5.99. The van der Waals surface area contributed by atoms with Gasteiger partial charge in [0.05, 0.1) is 6.42 Å². The fourth-order valence-corrected chi connectivity index (χ4v) is 2.45. The Labute approximate surface area is 125 Å². The van der Waals surface area contributed by atoms with E-state index < -0.39 is 5.97 Å². The quantitative estimate of drug-likeness (QED) is 0.898. The molecule has 2 rings (SSSR count). The molecule has 1 aliphatic heterocycles. The number of fused-ring (bicyclic) bond motifs is 1. The number of urea groups is 1. The van der Waals surface area contributed by atoms with Crippen LogP contribution in [0.5, 0.6) is 0 Å². The molecule has 0 spiro atoms. The molecule has 114 valence electrons. The first kappa shape index (κ1) is 15.4. The summed E-state index contributed by atoms with van der Waals surface area (Å²) >= 11 is 0. The third kappa shape index (κ3) is 3.54. The maximum Gasteiger partial charge on any atom is 0.321 e. The van der Waals surface area contributed by atoms with Crippen LogP contribution in [0.1, 0.15) is 38.3 Å². The highest BCUT2D eigenvalue weighted by Gasteiger charge is 2.26. The number of anilines is 1. The van der Waals surface area contributed by atoms with Gasteiger partial charge in [0.15, 0.2) is 0 Å². The highest BCUT2D eigenvalue weighted by Crippen LogP contribution is 2.32. The van der Waals surface area contributed by atoms with E-state index in [4.69, 9.17) is 5.11 Å². The normalized spacial score (nSPS) is 14.0. The van der Waals surface area contributed by atoms with Gasteiger partial charge in [0.25, 0.3) is 0 Å². The van der Waals surface area contributed by atoms with Gasteiger partial charge >= 0.3 is 12.0 Å². The van der Waals surface area contributed by atoms with Crippen molar-refractivity contribution in [3.63, 3.8) is 0 Å². The minimum absolute atomic E-state index is 0.0601. The van der Waals surface area contributed by atoms with Gasteiger partial charge in [0.2, 0.25) is 0 Å². The number of hydrogen-bond donors (Lipinski definition) is 2. The smallest absolute Gasteiger partial charge is 0.321 e. The maximum absolute atomic E-state index is 12.1. The van der Waals surface area contributed by atoms with Crippen molar-refractivity contribution in [1.29, 1.82) is 0 Å². The van der Waals surface area contributed by atoms with Crippen LogP contribution in [0.25, 0.3) is 0 Å². The average molecular weight is 290 g/mol. The lowest BCUT2D eigenvalue weighted by molar-refractivity contribution is -0.136. The SMILES string of the molecule is CC(C)(C)c1ccc2c(c1)CCN2C(=O)NCCC(=O)O. The zero-order valence-corrected chi connectivity index (χ0v) is 12.8. The van der Waals surface area contributed by atoms with Crippen LogP contribution in [0.2, 0.25) is 0 Å². The van der Waals surface area contributed by atoms with Crippen molar-refractivity contribution in [3.05, 3.63) is 29.3 Å². The summed E-state index contributed by atoms with van der Waals surface area (Å²) in [6.07, 6.45) is 0.779. The summed E-state index contributed by atoms with van der Waals surface area (Å²) < 4.78 is 0. The van der Waals surface area contributed by atoms with Crippen LogP contribution in [-0.2, 0) is 16.6 Å². The van der Waals surface area contributed by atoms with Gasteiger partial charge in [-0.05, 0) is 29.0 Å². The van der Waals surface area contributed by atoms with Gasteiger partial charge in [-0.1, -0.05) is 32.9 Å². The first-order valence-electron chi connectivity index (χ1n) is 7.19. The second kappa shape index (κ2) is 5.76. The van der Waals surface area contributed by atoms with Crippen LogP contribution in [0.4, 0.5) is 10.5 Å². The Morgan fingerprint density at radius 3 is 2.67 bits per heavy atom. The van der Waals surface area contributed by atoms with Crippen molar-refractivity contribution in [2.45, 2.75) is 39.0 Å². The Balaban J connectivity index is 2.08. The molecule has 1 aromatic carbocycles. The number of carboxylic acid groups (broad SMARTS) is 1. The fourth-order valence-electron chi connectivity index (χ4n) is 2.45. The molecule has 0 atom stereocenters. The Morgan fingerprint density at radius 2 is 2.05 bits per heavy atom. The lowest BCUT2D eigenvalue weighted by Crippen LogP contribution is -2.39. The predicted molar refractivity (Wildman–Crippen MR) is 81.8 cm³/mol. The number of nitrogens with one attached hydrogen (secondary N) is 1. The molecule has 5 heteroatoms. The number of rotatable bonds is 3. The molecular formula is C16H22N2O3. The van der Waals surface area contributed by atoms with Gasteiger partial charge in [-0.15, -0.1) is 0 Å². The van der Waals surface area contributed by atoms with E-state index >= 15 is 0 Å². The summed E-state index contributed by atoms with van der Waals surface area (Å²) in [7, 11) is 0. The Morgan fingerprint density at radius 1 is 1.33 bits per heavy atom. The Kier molecular flexibility index (Phi) is 4.21. The van der Waals surface area contributed by atoms with Crippen LogP contribution in [-0.4, -0.2) is 30.2 Å². The van der Waals surface area contributed by atoms with Crippen molar-refractivity contribution in [3.8, 4) is 0 Å². The third-order valence-electron chi connectivity index (χ3n) is 3.70. The molecule has 0 fully saturated rings. The van der Waals surface area contributed by atoms with E-state index in [0.29, 0.717) is 6.54 Å². The summed E-state index contributed by atoms with van der Waals surface area (Å²) in [6.45, 7) is 7.29. The van der Waals surface area contributed by atoms with Crippen LogP contribution >= 0.6 is 0 Å². The van der Waals surface area contributed by atoms with Gasteiger partial charge in [-0.25, -0.2) is 4.79 Å². The van der Waals surface area contributed by atoms with Crippen molar-refractivity contribution < 1.29 is 14.7 Å². The number of benzene rings is 1. The molecule has 0 radical (unpaired) electrons. The second-order valence-corrected chi connectivity index (χ2v) is 6.37. The molecule has 5 nitrogen and oxygen atoms in total. The van der Waals surface area contributed by atoms with Gasteiger partial charge < -0.3 is 10.4 Å². The molecule has 1 aliphatic rings. The van der Waals surface area contributed by atoms with Crippen molar-refractivity contribution in [1.82, 2.24) is 5.32 Å². The average Bonchev–Trinajstić information content (AvgIpc) is 2.79. The number of nitrogens with zero attached hydrogens (tertiary/aromatic N) is 1. The van der Waals surface area contributed by atoms with Gasteiger partial charge in [-0.3, -0.25) is 9.69 Å². The maximum atomic E-state index is 12.1. The molecule has 0 saturated carbocycles. The third-order valence-corrected chi connectivity index (χ3v) is 3.70. The summed E-state index contributed by atoms with van der Waals surface area (Å²) in [5.74, 6) is -0.910. The first-order chi connectivity index (χ1) is 9.79. The van der Waals surface area contributed by atoms with E-state index in [0.717, 1.165) is 12.1 Å². The molecule has 1 aromatic rings. The van der Waals surface area contributed by atoms with Crippen molar-refractivity contribution >= 4 is 17.7 Å². The largest absolute Gasteiger partial charge is 0.481 e. The fraction of sp³-hybridized carbons (Fsp3) is 0.500. The predicted octanol–water partition coefficient (Wildman–Crippen LogP) is 2.53. The monoisotopic (exact) mass is 290 g/mol. The summed E-state index contributed by atoms with van der Waals surface area (Å²) in [5, 5.41) is 11.2. The number of carbonyl (C=O) groups excluding carboxylic acids is 1. The molecule has 0 aliphatic carbocycles. The van der Waals surface area contributed by atoms with E-state index in [2.05, 4.69) is 38.2 Å². The number of hydrogen-bond acceptors (Lipinski definition) is 2. The Bertz CT molecular complexity index is 561. The van der Waals surface area contributed by atoms with Crippen molar-refractivity contribution in [2.24, 2.45) is 0 Å². The topological polar surface area (TPSA) is 69.6 Å². The summed E-state index contributed by atoms with van der Waals surface area (Å²) in [5.41, 5.74) is 3.45. The molecule has 2 amide bonds. The molecular weight excluding hydrogens is 268 g/mol. The number of amides is 2. The minimum Gasteiger partial charge on any atom is -0.481 e. The number of carboxylic acids is 1. The van der Waals surface area contributed by atoms with Crippen LogP contribution in [0, 0.1) is 0 Å². The molecule has 21 heavy (non-hydrogen) atoms. The van der Waals surface area contributed by atoms with Gasteiger partial charge in [0, 0.05) is 18.8 Å². The van der Waals surface area contributed by atoms with E-state index in [1.807, 2.05) is 6.07 Å². The molecule has 0 saturated heterocycles. The van der Waals surface area contributed by atoms with E-state index in [-0.39, 0.29) is 24.4 Å². The molecule has 0 unspecified atom stereocenters. The van der Waals surface area contributed by atoms with E-state index in [1.54, 1.807) is 4.90 Å². The zero-order chi connectivity index (χ0) is 15.6. The van der Waals surface area contributed by atoms with Crippen LogP contribution in [0.3, 0.4) is 0 Å². The number of aliphatic carboxylic acids is 1. The highest BCUT2D eigenvalue weighted by atomic mass is 16.4. The molecule has 2 N–H and O–H groups in total. The second-order valence-electron chi connectivity index (χ2n) is 6.37. The van der Waals surface area contributed by atoms with Crippen molar-refractivity contribution in [2.75, 3.05) is 18.0 Å².